The lowest BCUT2D eigenvalue weighted by Gasteiger charge is -2.17. The van der Waals surface area contributed by atoms with Gasteiger partial charge >= 0.3 is 11.9 Å². The first-order valence-corrected chi connectivity index (χ1v) is 5.85. The predicted octanol–water partition coefficient (Wildman–Crippen LogP) is 1.05. The lowest BCUT2D eigenvalue weighted by molar-refractivity contribution is -0.145. The molecule has 1 amide bonds. The van der Waals surface area contributed by atoms with Crippen molar-refractivity contribution in [1.29, 1.82) is 0 Å². The number of hydrogen-bond donors (Lipinski definition) is 1. The molecule has 0 spiro atoms. The molecule has 1 saturated heterocycles. The molecule has 1 heterocycles. The minimum Gasteiger partial charge on any atom is -0.478 e. The van der Waals surface area contributed by atoms with Gasteiger partial charge in [0.25, 0.3) is 0 Å². The Hall–Kier alpha value is -2.44. The van der Waals surface area contributed by atoms with E-state index in [-0.39, 0.29) is 24.6 Å². The van der Waals surface area contributed by atoms with Crippen LogP contribution in [0.1, 0.15) is 16.8 Å². The summed E-state index contributed by atoms with van der Waals surface area (Å²) >= 11 is 0. The van der Waals surface area contributed by atoms with Crippen LogP contribution in [-0.4, -0.2) is 36.6 Å². The number of carboxylic acid groups (broad SMARTS) is 1. The average molecular weight is 281 g/mol. The zero-order valence-corrected chi connectivity index (χ0v) is 10.6. The minimum atomic E-state index is -1.42. The molecule has 1 fully saturated rings. The molecule has 2 rings (SSSR count). The molecule has 6 nitrogen and oxygen atoms in total. The van der Waals surface area contributed by atoms with Gasteiger partial charge in [-0.05, 0) is 18.2 Å². The highest BCUT2D eigenvalue weighted by atomic mass is 19.1. The molecule has 0 aromatic heterocycles. The lowest BCUT2D eigenvalue weighted by Crippen LogP contribution is -2.26. The first-order chi connectivity index (χ1) is 9.43. The number of carbonyl (C=O) groups excluding carboxylic acids is 2. The van der Waals surface area contributed by atoms with Crippen molar-refractivity contribution in [3.63, 3.8) is 0 Å². The molecule has 20 heavy (non-hydrogen) atoms. The molecule has 1 N–H and O–H groups in total. The Morgan fingerprint density at radius 2 is 2.15 bits per heavy atom. The van der Waals surface area contributed by atoms with Gasteiger partial charge < -0.3 is 14.7 Å². The molecule has 1 aliphatic heterocycles. The Kier molecular flexibility index (Phi) is 3.69. The number of hydrogen-bond acceptors (Lipinski definition) is 4. The van der Waals surface area contributed by atoms with E-state index in [2.05, 4.69) is 4.74 Å². The third-order valence-electron chi connectivity index (χ3n) is 3.15. The van der Waals surface area contributed by atoms with E-state index in [1.165, 1.54) is 18.1 Å². The van der Waals surface area contributed by atoms with Gasteiger partial charge in [0, 0.05) is 18.7 Å². The summed E-state index contributed by atoms with van der Waals surface area (Å²) in [6.07, 6.45) is -0.00749. The number of ether oxygens (including phenoxy) is 1. The predicted molar refractivity (Wildman–Crippen MR) is 65.8 cm³/mol. The molecule has 0 bridgehead atoms. The molecule has 1 aromatic rings. The molecule has 1 aromatic carbocycles. The molecule has 7 heteroatoms. The van der Waals surface area contributed by atoms with Crippen molar-refractivity contribution in [2.24, 2.45) is 5.92 Å². The number of carbonyl (C=O) groups is 3. The van der Waals surface area contributed by atoms with Crippen LogP contribution < -0.4 is 4.90 Å². The maximum absolute atomic E-state index is 13.3. The van der Waals surface area contributed by atoms with Crippen molar-refractivity contribution in [1.82, 2.24) is 0 Å². The van der Waals surface area contributed by atoms with Crippen LogP contribution in [0.25, 0.3) is 0 Å². The van der Waals surface area contributed by atoms with Crippen molar-refractivity contribution in [2.45, 2.75) is 6.42 Å². The monoisotopic (exact) mass is 281 g/mol. The molecule has 106 valence electrons. The van der Waals surface area contributed by atoms with E-state index in [9.17, 15) is 18.8 Å². The van der Waals surface area contributed by atoms with Crippen molar-refractivity contribution in [3.8, 4) is 0 Å². The number of nitrogens with zero attached hydrogens (tertiary/aromatic N) is 1. The normalized spacial score (nSPS) is 18.2. The van der Waals surface area contributed by atoms with Crippen LogP contribution in [0.2, 0.25) is 0 Å². The summed E-state index contributed by atoms with van der Waals surface area (Å²) in [5, 5.41) is 8.86. The number of rotatable bonds is 3. The summed E-state index contributed by atoms with van der Waals surface area (Å²) in [7, 11) is 1.23. The second-order valence-electron chi connectivity index (χ2n) is 4.40. The average Bonchev–Trinajstić information content (AvgIpc) is 2.80. The number of amides is 1. The van der Waals surface area contributed by atoms with Crippen LogP contribution in [0, 0.1) is 11.7 Å². The summed E-state index contributed by atoms with van der Waals surface area (Å²) in [5.74, 6) is -3.71. The van der Waals surface area contributed by atoms with Crippen LogP contribution >= 0.6 is 0 Å². The van der Waals surface area contributed by atoms with Gasteiger partial charge in [-0.15, -0.1) is 0 Å². The molecule has 0 aliphatic carbocycles. The Balaban J connectivity index is 2.28. The van der Waals surface area contributed by atoms with Crippen LogP contribution in [0.3, 0.4) is 0 Å². The number of anilines is 1. The minimum absolute atomic E-state index is 0.00749. The molecular formula is C13H12FNO5. The molecule has 1 unspecified atom stereocenters. The molecular weight excluding hydrogens is 269 g/mol. The number of benzene rings is 1. The zero-order valence-electron chi connectivity index (χ0n) is 10.6. The molecule has 1 aliphatic rings. The topological polar surface area (TPSA) is 83.9 Å². The van der Waals surface area contributed by atoms with E-state index in [1.807, 2.05) is 0 Å². The highest BCUT2D eigenvalue weighted by Crippen LogP contribution is 2.27. The van der Waals surface area contributed by atoms with Gasteiger partial charge in [-0.3, -0.25) is 9.59 Å². The Labute approximate surface area is 113 Å². The summed E-state index contributed by atoms with van der Waals surface area (Å²) in [6.45, 7) is 0.0935. The third-order valence-corrected chi connectivity index (χ3v) is 3.15. The lowest BCUT2D eigenvalue weighted by atomic mass is 10.1. The molecule has 1 atom stereocenters. The van der Waals surface area contributed by atoms with Gasteiger partial charge in [-0.1, -0.05) is 0 Å². The van der Waals surface area contributed by atoms with E-state index in [1.54, 1.807) is 0 Å². The first-order valence-electron chi connectivity index (χ1n) is 5.85. The van der Waals surface area contributed by atoms with Gasteiger partial charge in [0.2, 0.25) is 5.91 Å². The number of halogens is 1. The van der Waals surface area contributed by atoms with Gasteiger partial charge in [0.1, 0.15) is 5.82 Å². The third kappa shape index (κ3) is 2.47. The van der Waals surface area contributed by atoms with E-state index >= 15 is 0 Å². The first kappa shape index (κ1) is 14.0. The fourth-order valence-corrected chi connectivity index (χ4v) is 2.13. The van der Waals surface area contributed by atoms with Crippen molar-refractivity contribution < 1.29 is 28.6 Å². The van der Waals surface area contributed by atoms with Gasteiger partial charge in [0.05, 0.1) is 18.6 Å². The van der Waals surface area contributed by atoms with E-state index in [4.69, 9.17) is 5.11 Å². The quantitative estimate of drug-likeness (QED) is 0.837. The van der Waals surface area contributed by atoms with Crippen LogP contribution in [0.4, 0.5) is 10.1 Å². The number of esters is 1. The highest BCUT2D eigenvalue weighted by molar-refractivity contribution is 6.00. The smallest absolute Gasteiger partial charge is 0.338 e. The number of aromatic carboxylic acids is 1. The van der Waals surface area contributed by atoms with Crippen molar-refractivity contribution in [2.75, 3.05) is 18.6 Å². The van der Waals surface area contributed by atoms with E-state index < -0.39 is 29.2 Å². The maximum Gasteiger partial charge on any atom is 0.338 e. The van der Waals surface area contributed by atoms with Crippen molar-refractivity contribution in [3.05, 3.63) is 29.6 Å². The largest absolute Gasteiger partial charge is 0.478 e. The summed E-state index contributed by atoms with van der Waals surface area (Å²) in [4.78, 5) is 35.4. The molecule has 0 saturated carbocycles. The summed E-state index contributed by atoms with van der Waals surface area (Å²) < 4.78 is 17.9. The van der Waals surface area contributed by atoms with Crippen LogP contribution in [0.15, 0.2) is 18.2 Å². The standard InChI is InChI=1S/C13H12FNO5/c1-20-13(19)7-4-11(16)15(6-7)8-2-3-10(14)9(5-8)12(17)18/h2-3,5,7H,4,6H2,1H3,(H,17,18). The summed E-state index contributed by atoms with van der Waals surface area (Å²) in [5.41, 5.74) is -0.267. The maximum atomic E-state index is 13.3. The Morgan fingerprint density at radius 1 is 1.45 bits per heavy atom. The van der Waals surface area contributed by atoms with Gasteiger partial charge in [-0.25, -0.2) is 9.18 Å². The second-order valence-corrected chi connectivity index (χ2v) is 4.40. The fraction of sp³-hybridized carbons (Fsp3) is 0.308. The van der Waals surface area contributed by atoms with E-state index in [0.29, 0.717) is 0 Å². The van der Waals surface area contributed by atoms with Crippen LogP contribution in [-0.2, 0) is 14.3 Å². The van der Waals surface area contributed by atoms with E-state index in [0.717, 1.165) is 12.1 Å². The Morgan fingerprint density at radius 3 is 2.75 bits per heavy atom. The second kappa shape index (κ2) is 5.28. The number of carboxylic acids is 1. The highest BCUT2D eigenvalue weighted by Gasteiger charge is 2.36. The van der Waals surface area contributed by atoms with Gasteiger partial charge in [0.15, 0.2) is 0 Å². The van der Waals surface area contributed by atoms with Crippen molar-refractivity contribution >= 4 is 23.5 Å². The van der Waals surface area contributed by atoms with Crippen LogP contribution in [0.5, 0.6) is 0 Å². The van der Waals surface area contributed by atoms with Gasteiger partial charge in [-0.2, -0.15) is 0 Å². The fourth-order valence-electron chi connectivity index (χ4n) is 2.13. The Bertz CT molecular complexity index is 586. The summed E-state index contributed by atoms with van der Waals surface area (Å²) in [6, 6.07) is 3.37. The SMILES string of the molecule is COC(=O)C1CC(=O)N(c2ccc(F)c(C(=O)O)c2)C1. The zero-order chi connectivity index (χ0) is 14.9. The number of methoxy groups -OCH3 is 1. The molecule has 0 radical (unpaired) electrons.